The third kappa shape index (κ3) is 5.96. The van der Waals surface area contributed by atoms with Gasteiger partial charge in [-0.25, -0.2) is 4.39 Å². The summed E-state index contributed by atoms with van der Waals surface area (Å²) in [5, 5.41) is 2.74. The maximum absolute atomic E-state index is 12.9. The van der Waals surface area contributed by atoms with Gasteiger partial charge in [0.2, 0.25) is 11.8 Å². The predicted octanol–water partition coefficient (Wildman–Crippen LogP) is 3.25. The average Bonchev–Trinajstić information content (AvgIpc) is 3.06. The number of halogens is 1. The molecule has 1 fully saturated rings. The number of benzene rings is 1. The molecule has 3 rings (SSSR count). The summed E-state index contributed by atoms with van der Waals surface area (Å²) >= 11 is 1.59. The predicted molar refractivity (Wildman–Crippen MR) is 115 cm³/mol. The lowest BCUT2D eigenvalue weighted by Crippen LogP contribution is -2.50. The zero-order chi connectivity index (χ0) is 21.7. The van der Waals surface area contributed by atoms with Crippen molar-refractivity contribution in [3.63, 3.8) is 0 Å². The van der Waals surface area contributed by atoms with Crippen LogP contribution in [0.1, 0.15) is 33.0 Å². The molecule has 0 bridgehead atoms. The van der Waals surface area contributed by atoms with Crippen LogP contribution in [0.5, 0.6) is 0 Å². The molecule has 1 aromatic carbocycles. The summed E-state index contributed by atoms with van der Waals surface area (Å²) in [6, 6.07) is 7.52. The summed E-state index contributed by atoms with van der Waals surface area (Å²) in [6.45, 7) is 6.38. The van der Waals surface area contributed by atoms with Gasteiger partial charge in [-0.3, -0.25) is 19.3 Å². The van der Waals surface area contributed by atoms with Gasteiger partial charge >= 0.3 is 0 Å². The number of rotatable bonds is 7. The van der Waals surface area contributed by atoms with Gasteiger partial charge in [0.1, 0.15) is 5.82 Å². The molecule has 0 saturated carbocycles. The van der Waals surface area contributed by atoms with E-state index in [1.807, 2.05) is 24.8 Å². The van der Waals surface area contributed by atoms with Gasteiger partial charge in [-0.05, 0) is 44.2 Å². The Balaban J connectivity index is 1.39. The molecule has 2 heterocycles. The lowest BCUT2D eigenvalue weighted by molar-refractivity contribution is -0.133. The first-order chi connectivity index (χ1) is 14.3. The SMILES string of the molecule is Cc1cc(C(=O)CCC(=O)N2CCN(CC(=O)Nc3ccc(F)cc3)CC2)c(C)s1. The van der Waals surface area contributed by atoms with E-state index >= 15 is 0 Å². The summed E-state index contributed by atoms with van der Waals surface area (Å²) in [6.07, 6.45) is 0.425. The van der Waals surface area contributed by atoms with E-state index in [0.717, 1.165) is 15.3 Å². The van der Waals surface area contributed by atoms with E-state index in [-0.39, 0.29) is 42.8 Å². The second kappa shape index (κ2) is 9.95. The number of ketones is 1. The lowest BCUT2D eigenvalue weighted by Gasteiger charge is -2.34. The van der Waals surface area contributed by atoms with Gasteiger partial charge in [-0.2, -0.15) is 0 Å². The minimum absolute atomic E-state index is 0.0151. The topological polar surface area (TPSA) is 69.7 Å². The standard InChI is InChI=1S/C22H26FN3O3S/c1-15-13-19(16(2)30-15)20(27)7-8-22(29)26-11-9-25(10-12-26)14-21(28)24-18-5-3-17(23)4-6-18/h3-6,13H,7-12,14H2,1-2H3,(H,24,28). The molecule has 1 aliphatic rings. The number of anilines is 1. The van der Waals surface area contributed by atoms with Gasteiger partial charge in [-0.1, -0.05) is 0 Å². The van der Waals surface area contributed by atoms with Crippen LogP contribution in [0.2, 0.25) is 0 Å². The molecule has 160 valence electrons. The zero-order valence-corrected chi connectivity index (χ0v) is 18.1. The molecule has 0 aliphatic carbocycles. The van der Waals surface area contributed by atoms with Crippen molar-refractivity contribution in [3.05, 3.63) is 51.5 Å². The third-order valence-corrected chi connectivity index (χ3v) is 6.09. The largest absolute Gasteiger partial charge is 0.340 e. The molecular weight excluding hydrogens is 405 g/mol. The molecule has 2 aromatic rings. The number of hydrogen-bond acceptors (Lipinski definition) is 5. The Morgan fingerprint density at radius 3 is 2.30 bits per heavy atom. The Kier molecular flexibility index (Phi) is 7.33. The van der Waals surface area contributed by atoms with Gasteiger partial charge < -0.3 is 10.2 Å². The van der Waals surface area contributed by atoms with Crippen molar-refractivity contribution in [2.45, 2.75) is 26.7 Å². The van der Waals surface area contributed by atoms with E-state index in [4.69, 9.17) is 0 Å². The highest BCUT2D eigenvalue weighted by Crippen LogP contribution is 2.22. The Morgan fingerprint density at radius 1 is 1.03 bits per heavy atom. The molecule has 6 nitrogen and oxygen atoms in total. The highest BCUT2D eigenvalue weighted by atomic mass is 32.1. The molecular formula is C22H26FN3O3S. The number of carbonyl (C=O) groups excluding carboxylic acids is 3. The lowest BCUT2D eigenvalue weighted by atomic mass is 10.1. The van der Waals surface area contributed by atoms with Crippen LogP contribution in [0.25, 0.3) is 0 Å². The minimum atomic E-state index is -0.351. The van der Waals surface area contributed by atoms with Crippen LogP contribution >= 0.6 is 11.3 Å². The van der Waals surface area contributed by atoms with Crippen LogP contribution in [0.3, 0.4) is 0 Å². The maximum atomic E-state index is 12.9. The molecule has 30 heavy (non-hydrogen) atoms. The van der Waals surface area contributed by atoms with E-state index < -0.39 is 0 Å². The van der Waals surface area contributed by atoms with Crippen molar-refractivity contribution in [2.24, 2.45) is 0 Å². The maximum Gasteiger partial charge on any atom is 0.238 e. The number of nitrogens with zero attached hydrogens (tertiary/aromatic N) is 2. The fourth-order valence-corrected chi connectivity index (χ4v) is 4.46. The second-order valence-corrected chi connectivity index (χ2v) is 8.92. The number of thiophene rings is 1. The van der Waals surface area contributed by atoms with Gasteiger partial charge in [-0.15, -0.1) is 11.3 Å². The molecule has 0 atom stereocenters. The minimum Gasteiger partial charge on any atom is -0.340 e. The van der Waals surface area contributed by atoms with Gasteiger partial charge in [0.05, 0.1) is 6.54 Å². The molecule has 1 aliphatic heterocycles. The number of aryl methyl sites for hydroxylation is 2. The van der Waals surface area contributed by atoms with Crippen molar-refractivity contribution in [1.29, 1.82) is 0 Å². The fraction of sp³-hybridized carbons (Fsp3) is 0.409. The molecule has 0 unspecified atom stereocenters. The summed E-state index contributed by atoms with van der Waals surface area (Å²) in [5.41, 5.74) is 1.28. The quantitative estimate of drug-likeness (QED) is 0.684. The van der Waals surface area contributed by atoms with Crippen LogP contribution in [-0.4, -0.2) is 60.1 Å². The number of nitrogens with one attached hydrogen (secondary N) is 1. The van der Waals surface area contributed by atoms with E-state index in [1.54, 1.807) is 16.2 Å². The van der Waals surface area contributed by atoms with Crippen LogP contribution in [0.15, 0.2) is 30.3 Å². The van der Waals surface area contributed by atoms with Crippen molar-refractivity contribution >= 4 is 34.6 Å². The molecule has 0 radical (unpaired) electrons. The first kappa shape index (κ1) is 22.1. The Labute approximate surface area is 179 Å². The summed E-state index contributed by atoms with van der Waals surface area (Å²) < 4.78 is 12.9. The normalized spacial score (nSPS) is 14.6. The number of Topliss-reactive ketones (excluding diaryl/α,β-unsaturated/α-hetero) is 1. The molecule has 2 amide bonds. The highest BCUT2D eigenvalue weighted by molar-refractivity contribution is 7.12. The van der Waals surface area contributed by atoms with Crippen molar-refractivity contribution in [3.8, 4) is 0 Å². The fourth-order valence-electron chi connectivity index (χ4n) is 3.51. The Morgan fingerprint density at radius 2 is 1.70 bits per heavy atom. The second-order valence-electron chi connectivity index (χ2n) is 7.46. The molecule has 8 heteroatoms. The van der Waals surface area contributed by atoms with Crippen LogP contribution in [0.4, 0.5) is 10.1 Å². The number of amides is 2. The van der Waals surface area contributed by atoms with E-state index in [9.17, 15) is 18.8 Å². The van der Waals surface area contributed by atoms with E-state index in [2.05, 4.69) is 5.32 Å². The van der Waals surface area contributed by atoms with Crippen LogP contribution in [-0.2, 0) is 9.59 Å². The molecule has 1 saturated heterocycles. The van der Waals surface area contributed by atoms with Gasteiger partial charge in [0.25, 0.3) is 0 Å². The summed E-state index contributed by atoms with van der Waals surface area (Å²) in [7, 11) is 0. The van der Waals surface area contributed by atoms with E-state index in [0.29, 0.717) is 31.9 Å². The van der Waals surface area contributed by atoms with Gasteiger partial charge in [0, 0.05) is 60.0 Å². The van der Waals surface area contributed by atoms with Crippen molar-refractivity contribution in [2.75, 3.05) is 38.0 Å². The molecule has 1 aromatic heterocycles. The van der Waals surface area contributed by atoms with Crippen molar-refractivity contribution in [1.82, 2.24) is 9.80 Å². The average molecular weight is 432 g/mol. The number of piperazine rings is 1. The molecule has 0 spiro atoms. The molecule has 1 N–H and O–H groups in total. The van der Waals surface area contributed by atoms with E-state index in [1.165, 1.54) is 24.3 Å². The van der Waals surface area contributed by atoms with Crippen molar-refractivity contribution < 1.29 is 18.8 Å². The number of carbonyl (C=O) groups is 3. The monoisotopic (exact) mass is 431 g/mol. The highest BCUT2D eigenvalue weighted by Gasteiger charge is 2.23. The first-order valence-electron chi connectivity index (χ1n) is 9.97. The third-order valence-electron chi connectivity index (χ3n) is 5.13. The zero-order valence-electron chi connectivity index (χ0n) is 17.2. The smallest absolute Gasteiger partial charge is 0.238 e. The Bertz CT molecular complexity index is 918. The first-order valence-corrected chi connectivity index (χ1v) is 10.8. The van der Waals surface area contributed by atoms with Gasteiger partial charge in [0.15, 0.2) is 5.78 Å². The van der Waals surface area contributed by atoms with Crippen LogP contribution < -0.4 is 5.32 Å². The van der Waals surface area contributed by atoms with Crippen LogP contribution in [0, 0.1) is 19.7 Å². The summed E-state index contributed by atoms with van der Waals surface area (Å²) in [5.74, 6) is -0.533. The summed E-state index contributed by atoms with van der Waals surface area (Å²) in [4.78, 5) is 42.8. The number of hydrogen-bond donors (Lipinski definition) is 1. The Hall–Kier alpha value is -2.58.